The van der Waals surface area contributed by atoms with E-state index >= 15 is 0 Å². The number of nitrogens with one attached hydrogen (secondary N) is 1. The first-order valence-electron chi connectivity index (χ1n) is 6.11. The Kier molecular flexibility index (Phi) is 4.29. The summed E-state index contributed by atoms with van der Waals surface area (Å²) in [6, 6.07) is 1.85. The lowest BCUT2D eigenvalue weighted by molar-refractivity contribution is 0.0537. The smallest absolute Gasteiger partial charge is 0.148 e. The van der Waals surface area contributed by atoms with Crippen molar-refractivity contribution in [3.63, 3.8) is 0 Å². The number of aromatic nitrogens is 2. The summed E-state index contributed by atoms with van der Waals surface area (Å²) < 4.78 is 5.64. The summed E-state index contributed by atoms with van der Waals surface area (Å²) >= 11 is 6.20. The lowest BCUT2D eigenvalue weighted by Crippen LogP contribution is -2.21. The highest BCUT2D eigenvalue weighted by Crippen LogP contribution is 2.37. The van der Waals surface area contributed by atoms with Crippen LogP contribution < -0.4 is 4.74 Å². The number of ether oxygens (including phenoxy) is 1. The van der Waals surface area contributed by atoms with Gasteiger partial charge in [-0.05, 0) is 12.0 Å². The highest BCUT2D eigenvalue weighted by Gasteiger charge is 2.17. The van der Waals surface area contributed by atoms with Crippen LogP contribution in [0.1, 0.15) is 25.3 Å². The molecule has 0 saturated carbocycles. The Balaban J connectivity index is 2.46. The summed E-state index contributed by atoms with van der Waals surface area (Å²) in [5.41, 5.74) is 1.65. The van der Waals surface area contributed by atoms with Gasteiger partial charge < -0.3 is 14.9 Å². The van der Waals surface area contributed by atoms with Gasteiger partial charge in [-0.25, -0.2) is 0 Å². The van der Waals surface area contributed by atoms with E-state index in [4.69, 9.17) is 21.4 Å². The Hall–Kier alpha value is -1.30. The van der Waals surface area contributed by atoms with Crippen molar-refractivity contribution in [1.29, 1.82) is 0 Å². The Morgan fingerprint density at radius 3 is 2.84 bits per heavy atom. The first-order valence-corrected chi connectivity index (χ1v) is 6.49. The van der Waals surface area contributed by atoms with Gasteiger partial charge in [0.15, 0.2) is 0 Å². The molecule has 0 aliphatic rings. The van der Waals surface area contributed by atoms with Crippen molar-refractivity contribution in [1.82, 2.24) is 10.2 Å². The average molecular weight is 285 g/mol. The number of halogens is 1. The maximum absolute atomic E-state index is 9.40. The fourth-order valence-electron chi connectivity index (χ4n) is 1.88. The van der Waals surface area contributed by atoms with Gasteiger partial charge in [0.25, 0.3) is 0 Å². The molecule has 1 atom stereocenters. The van der Waals surface area contributed by atoms with Crippen molar-refractivity contribution >= 4 is 22.5 Å². The summed E-state index contributed by atoms with van der Waals surface area (Å²) in [6.07, 6.45) is 0.727. The molecular weight excluding hydrogens is 268 g/mol. The molecular formula is C13H17ClN2O3. The summed E-state index contributed by atoms with van der Waals surface area (Å²) in [6.45, 7) is 3.75. The van der Waals surface area contributed by atoms with E-state index in [9.17, 15) is 5.11 Å². The van der Waals surface area contributed by atoms with Crippen LogP contribution in [0.2, 0.25) is 5.02 Å². The molecule has 1 aromatic heterocycles. The van der Waals surface area contributed by atoms with Gasteiger partial charge in [-0.15, -0.1) is 0 Å². The number of benzene rings is 1. The Bertz CT molecular complexity index is 568. The Labute approximate surface area is 116 Å². The molecule has 1 aromatic carbocycles. The van der Waals surface area contributed by atoms with Gasteiger partial charge in [-0.2, -0.15) is 5.10 Å². The molecule has 0 aliphatic carbocycles. The predicted molar refractivity (Wildman–Crippen MR) is 73.8 cm³/mol. The maximum atomic E-state index is 9.40. The van der Waals surface area contributed by atoms with Crippen molar-refractivity contribution < 1.29 is 14.9 Å². The van der Waals surface area contributed by atoms with Gasteiger partial charge in [0.1, 0.15) is 24.0 Å². The number of rotatable bonds is 5. The van der Waals surface area contributed by atoms with Crippen molar-refractivity contribution in [3.8, 4) is 5.75 Å². The average Bonchev–Trinajstić information content (AvgIpc) is 2.86. The Morgan fingerprint density at radius 2 is 2.21 bits per heavy atom. The highest BCUT2D eigenvalue weighted by atomic mass is 35.5. The quantitative estimate of drug-likeness (QED) is 0.785. The van der Waals surface area contributed by atoms with Gasteiger partial charge in [-0.1, -0.05) is 25.4 Å². The molecule has 104 valence electrons. The van der Waals surface area contributed by atoms with E-state index in [-0.39, 0.29) is 19.1 Å². The number of aromatic amines is 1. The fraction of sp³-hybridized carbons (Fsp3) is 0.462. The molecule has 2 aromatic rings. The van der Waals surface area contributed by atoms with Crippen molar-refractivity contribution in [3.05, 3.63) is 22.8 Å². The zero-order valence-corrected chi connectivity index (χ0v) is 11.6. The zero-order chi connectivity index (χ0) is 14.0. The van der Waals surface area contributed by atoms with E-state index < -0.39 is 6.10 Å². The number of nitrogens with zero attached hydrogens (tertiary/aromatic N) is 1. The minimum atomic E-state index is -0.909. The van der Waals surface area contributed by atoms with Crippen LogP contribution in [0, 0.1) is 0 Å². The van der Waals surface area contributed by atoms with Crippen LogP contribution in [0.15, 0.2) is 12.3 Å². The predicted octanol–water partition coefficient (Wildman–Crippen LogP) is 2.07. The topological polar surface area (TPSA) is 78.4 Å². The van der Waals surface area contributed by atoms with E-state index in [0.29, 0.717) is 16.3 Å². The molecule has 0 saturated heterocycles. The zero-order valence-electron chi connectivity index (χ0n) is 10.9. The van der Waals surface area contributed by atoms with Crippen LogP contribution in [0.25, 0.3) is 10.9 Å². The van der Waals surface area contributed by atoms with Gasteiger partial charge in [-0.3, -0.25) is 5.10 Å². The number of H-pyrrole nitrogens is 1. The van der Waals surface area contributed by atoms with E-state index in [1.54, 1.807) is 6.20 Å². The molecule has 0 aliphatic heterocycles. The highest BCUT2D eigenvalue weighted by molar-refractivity contribution is 6.35. The second kappa shape index (κ2) is 5.77. The van der Waals surface area contributed by atoms with Gasteiger partial charge in [0.2, 0.25) is 0 Å². The second-order valence-electron chi connectivity index (χ2n) is 4.74. The third-order valence-electron chi connectivity index (χ3n) is 2.92. The third kappa shape index (κ3) is 2.83. The molecule has 0 amide bonds. The first kappa shape index (κ1) is 14.1. The summed E-state index contributed by atoms with van der Waals surface area (Å²) in [7, 11) is 0. The summed E-state index contributed by atoms with van der Waals surface area (Å²) in [4.78, 5) is 0. The molecule has 0 fully saturated rings. The number of aliphatic hydroxyl groups is 2. The Morgan fingerprint density at radius 1 is 1.47 bits per heavy atom. The van der Waals surface area contributed by atoms with E-state index in [1.165, 1.54) is 0 Å². The minimum Gasteiger partial charge on any atom is -0.488 e. The molecule has 3 N–H and O–H groups in total. The van der Waals surface area contributed by atoms with Crippen molar-refractivity contribution in [2.24, 2.45) is 0 Å². The van der Waals surface area contributed by atoms with Crippen LogP contribution in [0.5, 0.6) is 5.75 Å². The third-order valence-corrected chi connectivity index (χ3v) is 3.23. The van der Waals surface area contributed by atoms with Crippen LogP contribution in [-0.2, 0) is 0 Å². The van der Waals surface area contributed by atoms with E-state index in [1.807, 2.05) is 19.9 Å². The molecule has 0 spiro atoms. The molecule has 19 heavy (non-hydrogen) atoms. The maximum Gasteiger partial charge on any atom is 0.148 e. The first-order chi connectivity index (χ1) is 9.04. The van der Waals surface area contributed by atoms with Crippen LogP contribution in [-0.4, -0.2) is 39.7 Å². The van der Waals surface area contributed by atoms with Gasteiger partial charge in [0, 0.05) is 10.9 Å². The molecule has 0 radical (unpaired) electrons. The van der Waals surface area contributed by atoms with Crippen molar-refractivity contribution in [2.75, 3.05) is 13.2 Å². The van der Waals surface area contributed by atoms with Crippen LogP contribution >= 0.6 is 11.6 Å². The SMILES string of the molecule is CC(C)c1cc(Cl)c2cn[nH]c2c1OCC(O)CO. The van der Waals surface area contributed by atoms with Crippen molar-refractivity contribution in [2.45, 2.75) is 25.9 Å². The molecule has 1 unspecified atom stereocenters. The minimum absolute atomic E-state index is 0.0198. The van der Waals surface area contributed by atoms with E-state index in [0.717, 1.165) is 10.9 Å². The van der Waals surface area contributed by atoms with Crippen LogP contribution in [0.3, 0.4) is 0 Å². The monoisotopic (exact) mass is 284 g/mol. The molecule has 1 heterocycles. The normalized spacial score (nSPS) is 13.2. The number of hydrogen-bond donors (Lipinski definition) is 3. The summed E-state index contributed by atoms with van der Waals surface area (Å²) in [5.74, 6) is 0.839. The number of hydrogen-bond acceptors (Lipinski definition) is 4. The largest absolute Gasteiger partial charge is 0.488 e. The molecule has 6 heteroatoms. The second-order valence-corrected chi connectivity index (χ2v) is 5.14. The van der Waals surface area contributed by atoms with E-state index in [2.05, 4.69) is 10.2 Å². The molecule has 5 nitrogen and oxygen atoms in total. The lowest BCUT2D eigenvalue weighted by atomic mass is 10.0. The fourth-order valence-corrected chi connectivity index (χ4v) is 2.14. The number of fused-ring (bicyclic) bond motifs is 1. The molecule has 2 rings (SSSR count). The lowest BCUT2D eigenvalue weighted by Gasteiger charge is -2.17. The summed E-state index contributed by atoms with van der Waals surface area (Å²) in [5, 5.41) is 26.5. The van der Waals surface area contributed by atoms with Crippen LogP contribution in [0.4, 0.5) is 0 Å². The number of aliphatic hydroxyl groups excluding tert-OH is 2. The van der Waals surface area contributed by atoms with Gasteiger partial charge >= 0.3 is 0 Å². The van der Waals surface area contributed by atoms with Gasteiger partial charge in [0.05, 0.1) is 17.8 Å². The standard InChI is InChI=1S/C13H17ClN2O3/c1-7(2)9-3-11(14)10-4-15-16-12(10)13(9)19-6-8(18)5-17/h3-4,7-8,17-18H,5-6H2,1-2H3,(H,15,16). The molecule has 0 bridgehead atoms.